The normalized spacial score (nSPS) is 14.8. The number of ether oxygens (including phenoxy) is 2. The van der Waals surface area contributed by atoms with Crippen molar-refractivity contribution in [1.29, 1.82) is 0 Å². The third kappa shape index (κ3) is 4.84. The average Bonchev–Trinajstić information content (AvgIpc) is 3.13. The first-order chi connectivity index (χ1) is 17.7. The minimum absolute atomic E-state index is 0.215. The average molecular weight is 523 g/mol. The third-order valence-corrected chi connectivity index (χ3v) is 6.70. The van der Waals surface area contributed by atoms with Crippen LogP contribution in [0.4, 0.5) is 10.1 Å². The van der Waals surface area contributed by atoms with Gasteiger partial charge < -0.3 is 19.5 Å². The number of carbonyl (C=O) groups is 2. The highest BCUT2D eigenvalue weighted by Gasteiger charge is 2.25. The van der Waals surface area contributed by atoms with Gasteiger partial charge in [0.1, 0.15) is 30.0 Å². The van der Waals surface area contributed by atoms with Crippen LogP contribution in [-0.4, -0.2) is 47.9 Å². The number of halogens is 2. The molecule has 190 valence electrons. The SMILES string of the molecule is Cc1c(CC(=O)O)c2cc(Cl)ccc2n1C(=O)c1ccc(OC[C@@H]2CN(C)c3cc(F)ccc3O2)cc1. The van der Waals surface area contributed by atoms with Gasteiger partial charge >= 0.3 is 5.97 Å². The predicted octanol–water partition coefficient (Wildman–Crippen LogP) is 5.33. The van der Waals surface area contributed by atoms with Crippen LogP contribution >= 0.6 is 11.6 Å². The molecule has 0 amide bonds. The molecule has 4 aromatic rings. The molecule has 1 aliphatic heterocycles. The Balaban J connectivity index is 1.32. The highest BCUT2D eigenvalue weighted by molar-refractivity contribution is 6.31. The minimum Gasteiger partial charge on any atom is -0.490 e. The molecule has 5 rings (SSSR count). The number of carboxylic acids is 1. The first-order valence-corrected chi connectivity index (χ1v) is 12.0. The monoisotopic (exact) mass is 522 g/mol. The number of nitrogens with zero attached hydrogens (tertiary/aromatic N) is 2. The summed E-state index contributed by atoms with van der Waals surface area (Å²) in [4.78, 5) is 26.8. The molecule has 0 spiro atoms. The van der Waals surface area contributed by atoms with Gasteiger partial charge in [0.2, 0.25) is 0 Å². The number of carboxylic acid groups (broad SMARTS) is 1. The van der Waals surface area contributed by atoms with Gasteiger partial charge in [-0.1, -0.05) is 11.6 Å². The van der Waals surface area contributed by atoms with E-state index in [4.69, 9.17) is 21.1 Å². The summed E-state index contributed by atoms with van der Waals surface area (Å²) in [5.41, 5.74) is 2.83. The fourth-order valence-corrected chi connectivity index (χ4v) is 4.87. The molecule has 7 nitrogen and oxygen atoms in total. The number of anilines is 1. The molecule has 1 aliphatic rings. The zero-order valence-corrected chi connectivity index (χ0v) is 21.0. The van der Waals surface area contributed by atoms with Gasteiger partial charge in [-0.05, 0) is 67.1 Å². The highest BCUT2D eigenvalue weighted by atomic mass is 35.5. The van der Waals surface area contributed by atoms with E-state index in [0.717, 1.165) is 0 Å². The molecule has 1 atom stereocenters. The lowest BCUT2D eigenvalue weighted by molar-refractivity contribution is -0.136. The summed E-state index contributed by atoms with van der Waals surface area (Å²) in [6, 6.07) is 16.2. The lowest BCUT2D eigenvalue weighted by Crippen LogP contribution is -2.41. The summed E-state index contributed by atoms with van der Waals surface area (Å²) in [6.07, 6.45) is -0.467. The predicted molar refractivity (Wildman–Crippen MR) is 139 cm³/mol. The van der Waals surface area contributed by atoms with E-state index in [1.165, 1.54) is 16.7 Å². The van der Waals surface area contributed by atoms with Gasteiger partial charge in [0.25, 0.3) is 5.91 Å². The first-order valence-electron chi connectivity index (χ1n) is 11.7. The van der Waals surface area contributed by atoms with Crippen molar-refractivity contribution in [3.63, 3.8) is 0 Å². The van der Waals surface area contributed by atoms with Crippen molar-refractivity contribution < 1.29 is 28.6 Å². The van der Waals surface area contributed by atoms with Crippen molar-refractivity contribution in [3.05, 3.63) is 88.3 Å². The van der Waals surface area contributed by atoms with E-state index in [1.54, 1.807) is 55.5 Å². The fourth-order valence-electron chi connectivity index (χ4n) is 4.70. The van der Waals surface area contributed by atoms with E-state index in [1.807, 2.05) is 11.9 Å². The van der Waals surface area contributed by atoms with Crippen molar-refractivity contribution in [2.24, 2.45) is 0 Å². The van der Waals surface area contributed by atoms with Crippen LogP contribution in [0.15, 0.2) is 60.7 Å². The number of hydrogen-bond acceptors (Lipinski definition) is 5. The molecule has 0 aliphatic carbocycles. The Labute approximate surface area is 217 Å². The van der Waals surface area contributed by atoms with E-state index in [2.05, 4.69) is 0 Å². The Kier molecular flexibility index (Phi) is 6.52. The molecule has 3 aromatic carbocycles. The molecule has 0 bridgehead atoms. The maximum atomic E-state index is 13.5. The lowest BCUT2D eigenvalue weighted by Gasteiger charge is -2.33. The standard InChI is InChI=1S/C28H24ClFN2O5/c1-16-22(13-27(33)34)23-11-18(29)5-9-24(23)32(16)28(35)17-3-7-20(8-4-17)36-15-21-14-31(2)25-12-19(30)6-10-26(25)37-21/h3-12,21H,13-15H2,1-2H3,(H,33,34)/t21-/m0/s1. The topological polar surface area (TPSA) is 81.0 Å². The summed E-state index contributed by atoms with van der Waals surface area (Å²) in [5.74, 6) is -0.416. The number of aromatic nitrogens is 1. The Hall–Kier alpha value is -4.04. The van der Waals surface area contributed by atoms with E-state index in [-0.39, 0.29) is 30.9 Å². The van der Waals surface area contributed by atoms with E-state index < -0.39 is 5.97 Å². The van der Waals surface area contributed by atoms with Crippen LogP contribution in [0.25, 0.3) is 10.9 Å². The summed E-state index contributed by atoms with van der Waals surface area (Å²) >= 11 is 6.15. The third-order valence-electron chi connectivity index (χ3n) is 6.47. The van der Waals surface area contributed by atoms with Crippen LogP contribution < -0.4 is 14.4 Å². The number of fused-ring (bicyclic) bond motifs is 2. The van der Waals surface area contributed by atoms with Crippen molar-refractivity contribution in [1.82, 2.24) is 4.57 Å². The molecule has 0 saturated heterocycles. The van der Waals surface area contributed by atoms with Gasteiger partial charge in [-0.3, -0.25) is 14.2 Å². The molecule has 0 fully saturated rings. The maximum Gasteiger partial charge on any atom is 0.307 e. The number of carbonyl (C=O) groups excluding carboxylic acids is 1. The fraction of sp³-hybridized carbons (Fsp3) is 0.214. The molecule has 0 unspecified atom stereocenters. The number of benzene rings is 3. The maximum absolute atomic E-state index is 13.5. The molecule has 9 heteroatoms. The number of likely N-dealkylation sites (N-methyl/N-ethyl adjacent to an activating group) is 1. The summed E-state index contributed by atoms with van der Waals surface area (Å²) in [6.45, 7) is 2.54. The van der Waals surface area contributed by atoms with Gasteiger partial charge in [0, 0.05) is 34.8 Å². The van der Waals surface area contributed by atoms with E-state index in [9.17, 15) is 19.1 Å². The van der Waals surface area contributed by atoms with Crippen LogP contribution in [0.2, 0.25) is 5.02 Å². The lowest BCUT2D eigenvalue weighted by atomic mass is 10.1. The number of hydrogen-bond donors (Lipinski definition) is 1. The summed E-state index contributed by atoms with van der Waals surface area (Å²) in [7, 11) is 1.87. The van der Waals surface area contributed by atoms with Gasteiger partial charge in [-0.2, -0.15) is 0 Å². The van der Waals surface area contributed by atoms with Crippen LogP contribution in [-0.2, 0) is 11.2 Å². The summed E-state index contributed by atoms with van der Waals surface area (Å²) < 4.78 is 26.9. The molecule has 1 aromatic heterocycles. The molecule has 0 radical (unpaired) electrons. The zero-order valence-electron chi connectivity index (χ0n) is 20.2. The minimum atomic E-state index is -0.986. The summed E-state index contributed by atoms with van der Waals surface area (Å²) in [5, 5.41) is 10.5. The second-order valence-corrected chi connectivity index (χ2v) is 9.44. The molecule has 37 heavy (non-hydrogen) atoms. The first kappa shape index (κ1) is 24.6. The van der Waals surface area contributed by atoms with E-state index in [0.29, 0.717) is 56.5 Å². The van der Waals surface area contributed by atoms with Crippen molar-refractivity contribution in [2.45, 2.75) is 19.4 Å². The van der Waals surface area contributed by atoms with Crippen molar-refractivity contribution >= 4 is 40.1 Å². The Morgan fingerprint density at radius 2 is 1.89 bits per heavy atom. The van der Waals surface area contributed by atoms with Gasteiger partial charge in [0.15, 0.2) is 0 Å². The van der Waals surface area contributed by atoms with Gasteiger partial charge in [-0.25, -0.2) is 4.39 Å². The van der Waals surface area contributed by atoms with Crippen LogP contribution in [0.1, 0.15) is 21.6 Å². The molecular weight excluding hydrogens is 499 g/mol. The molecule has 0 saturated carbocycles. The van der Waals surface area contributed by atoms with Crippen LogP contribution in [0.5, 0.6) is 11.5 Å². The smallest absolute Gasteiger partial charge is 0.307 e. The highest BCUT2D eigenvalue weighted by Crippen LogP contribution is 2.33. The van der Waals surface area contributed by atoms with Crippen molar-refractivity contribution in [2.75, 3.05) is 25.1 Å². The van der Waals surface area contributed by atoms with Crippen LogP contribution in [0.3, 0.4) is 0 Å². The van der Waals surface area contributed by atoms with Gasteiger partial charge in [-0.15, -0.1) is 0 Å². The van der Waals surface area contributed by atoms with E-state index >= 15 is 0 Å². The number of aliphatic carboxylic acids is 1. The van der Waals surface area contributed by atoms with Gasteiger partial charge in [0.05, 0.1) is 24.2 Å². The quantitative estimate of drug-likeness (QED) is 0.368. The number of rotatable bonds is 6. The second kappa shape index (κ2) is 9.78. The zero-order chi connectivity index (χ0) is 26.3. The largest absolute Gasteiger partial charge is 0.490 e. The second-order valence-electron chi connectivity index (χ2n) is 9.00. The molecular formula is C28H24ClFN2O5. The Morgan fingerprint density at radius 3 is 2.62 bits per heavy atom. The Morgan fingerprint density at radius 1 is 1.14 bits per heavy atom. The van der Waals surface area contributed by atoms with Crippen molar-refractivity contribution in [3.8, 4) is 11.5 Å². The Bertz CT molecular complexity index is 1520. The molecule has 2 heterocycles. The molecule has 1 N–H and O–H groups in total. The van der Waals surface area contributed by atoms with Crippen LogP contribution in [0, 0.1) is 12.7 Å².